The summed E-state index contributed by atoms with van der Waals surface area (Å²) in [4.78, 5) is 8.64. The minimum atomic E-state index is -0.539. The van der Waals surface area contributed by atoms with E-state index in [0.717, 1.165) is 25.8 Å². The van der Waals surface area contributed by atoms with E-state index in [4.69, 9.17) is 14.7 Å². The van der Waals surface area contributed by atoms with E-state index in [0.29, 0.717) is 40.9 Å². The topological polar surface area (TPSA) is 92.1 Å². The van der Waals surface area contributed by atoms with Gasteiger partial charge in [-0.3, -0.25) is 0 Å². The number of hydrogen-bond acceptors (Lipinski definition) is 7. The molecule has 1 atom stereocenters. The fraction of sp³-hybridized carbons (Fsp3) is 0.250. The molecular formula is C28H26FN5O2. The molecule has 1 aliphatic rings. The maximum absolute atomic E-state index is 14.4. The van der Waals surface area contributed by atoms with Gasteiger partial charge in [0.2, 0.25) is 0 Å². The van der Waals surface area contributed by atoms with Crippen molar-refractivity contribution in [3.8, 4) is 17.6 Å². The van der Waals surface area contributed by atoms with Gasteiger partial charge in [0.05, 0.1) is 36.6 Å². The molecule has 1 aliphatic heterocycles. The van der Waals surface area contributed by atoms with Crippen LogP contribution < -0.4 is 20.1 Å². The Bertz CT molecular complexity index is 1440. The van der Waals surface area contributed by atoms with Gasteiger partial charge in [-0.2, -0.15) is 5.26 Å². The van der Waals surface area contributed by atoms with Crippen molar-refractivity contribution in [2.75, 3.05) is 25.6 Å². The van der Waals surface area contributed by atoms with Crippen LogP contribution in [0.15, 0.2) is 60.9 Å². The van der Waals surface area contributed by atoms with Gasteiger partial charge in [0.15, 0.2) is 11.5 Å². The third-order valence-electron chi connectivity index (χ3n) is 6.38. The molecule has 2 heterocycles. The summed E-state index contributed by atoms with van der Waals surface area (Å²) in [5.74, 6) is 1.02. The van der Waals surface area contributed by atoms with Crippen molar-refractivity contribution in [3.63, 3.8) is 0 Å². The Balaban J connectivity index is 1.30. The first kappa shape index (κ1) is 23.5. The van der Waals surface area contributed by atoms with Gasteiger partial charge in [0.25, 0.3) is 0 Å². The molecule has 0 aliphatic carbocycles. The van der Waals surface area contributed by atoms with Crippen molar-refractivity contribution in [2.24, 2.45) is 0 Å². The van der Waals surface area contributed by atoms with Gasteiger partial charge in [0, 0.05) is 17.5 Å². The highest BCUT2D eigenvalue weighted by atomic mass is 19.1. The Kier molecular flexibility index (Phi) is 6.92. The first-order valence-electron chi connectivity index (χ1n) is 11.9. The standard InChI is InChI=1S/C28H26FN5O2/c1-35-26-14-21-25(32-17-33-28(21)34-24-9-8-18(16-30)13-22(24)29)15-27(26)36-12-4-7-23-20-6-3-2-5-19(20)10-11-31-23/h2-3,5-6,8-9,13-15,17,23,31H,4,7,10-12H2,1H3,(H,32,33,34). The van der Waals surface area contributed by atoms with Gasteiger partial charge in [-0.15, -0.1) is 0 Å². The molecule has 1 unspecified atom stereocenters. The van der Waals surface area contributed by atoms with E-state index in [1.165, 1.54) is 29.6 Å². The number of nitriles is 1. The number of fused-ring (bicyclic) bond motifs is 2. The quantitative estimate of drug-likeness (QED) is 0.323. The summed E-state index contributed by atoms with van der Waals surface area (Å²) in [6.45, 7) is 1.53. The Hall–Kier alpha value is -4.22. The highest BCUT2D eigenvalue weighted by molar-refractivity contribution is 5.93. The largest absolute Gasteiger partial charge is 0.493 e. The molecule has 2 N–H and O–H groups in total. The summed E-state index contributed by atoms with van der Waals surface area (Å²) in [5, 5.41) is 16.2. The Labute approximate surface area is 208 Å². The fourth-order valence-electron chi connectivity index (χ4n) is 4.57. The summed E-state index contributed by atoms with van der Waals surface area (Å²) in [6.07, 6.45) is 4.32. The lowest BCUT2D eigenvalue weighted by atomic mass is 9.92. The first-order valence-corrected chi connectivity index (χ1v) is 11.9. The smallest absolute Gasteiger partial charge is 0.163 e. The van der Waals surface area contributed by atoms with Crippen LogP contribution in [0, 0.1) is 17.1 Å². The van der Waals surface area contributed by atoms with Crippen LogP contribution in [-0.2, 0) is 6.42 Å². The van der Waals surface area contributed by atoms with Gasteiger partial charge >= 0.3 is 0 Å². The second kappa shape index (κ2) is 10.6. The summed E-state index contributed by atoms with van der Waals surface area (Å²) < 4.78 is 26.1. The summed E-state index contributed by atoms with van der Waals surface area (Å²) in [5.41, 5.74) is 3.90. The minimum absolute atomic E-state index is 0.214. The molecule has 7 nitrogen and oxygen atoms in total. The van der Waals surface area contributed by atoms with E-state index < -0.39 is 5.82 Å². The van der Waals surface area contributed by atoms with Crippen molar-refractivity contribution in [3.05, 3.63) is 83.4 Å². The molecule has 0 amide bonds. The number of benzene rings is 3. The van der Waals surface area contributed by atoms with E-state index in [-0.39, 0.29) is 11.3 Å². The van der Waals surface area contributed by atoms with Crippen molar-refractivity contribution in [2.45, 2.75) is 25.3 Å². The van der Waals surface area contributed by atoms with Crippen molar-refractivity contribution in [1.82, 2.24) is 15.3 Å². The zero-order chi connectivity index (χ0) is 24.9. The number of methoxy groups -OCH3 is 1. The van der Waals surface area contributed by atoms with Crippen LogP contribution in [0.25, 0.3) is 10.9 Å². The van der Waals surface area contributed by atoms with Crippen LogP contribution in [-0.4, -0.2) is 30.2 Å². The van der Waals surface area contributed by atoms with E-state index in [9.17, 15) is 4.39 Å². The zero-order valence-corrected chi connectivity index (χ0v) is 19.9. The third kappa shape index (κ3) is 4.92. The highest BCUT2D eigenvalue weighted by Crippen LogP contribution is 2.35. The van der Waals surface area contributed by atoms with E-state index >= 15 is 0 Å². The van der Waals surface area contributed by atoms with Crippen LogP contribution in [0.3, 0.4) is 0 Å². The van der Waals surface area contributed by atoms with Crippen LogP contribution in [0.1, 0.15) is 35.6 Å². The molecule has 5 rings (SSSR count). The summed E-state index contributed by atoms with van der Waals surface area (Å²) in [7, 11) is 1.58. The molecule has 1 aromatic heterocycles. The van der Waals surface area contributed by atoms with Crippen molar-refractivity contribution in [1.29, 1.82) is 5.26 Å². The molecule has 0 radical (unpaired) electrons. The third-order valence-corrected chi connectivity index (χ3v) is 6.38. The number of hydrogen-bond donors (Lipinski definition) is 2. The van der Waals surface area contributed by atoms with Gasteiger partial charge in [0.1, 0.15) is 18.0 Å². The summed E-state index contributed by atoms with van der Waals surface area (Å²) >= 11 is 0. The molecule has 0 saturated carbocycles. The number of anilines is 2. The molecular weight excluding hydrogens is 457 g/mol. The highest BCUT2D eigenvalue weighted by Gasteiger charge is 2.19. The predicted octanol–water partition coefficient (Wildman–Crippen LogP) is 5.44. The predicted molar refractivity (Wildman–Crippen MR) is 136 cm³/mol. The maximum Gasteiger partial charge on any atom is 0.163 e. The lowest BCUT2D eigenvalue weighted by Crippen LogP contribution is -2.30. The average molecular weight is 484 g/mol. The second-order valence-electron chi connectivity index (χ2n) is 8.62. The van der Waals surface area contributed by atoms with Crippen LogP contribution in [0.2, 0.25) is 0 Å². The monoisotopic (exact) mass is 483 g/mol. The number of nitrogens with one attached hydrogen (secondary N) is 2. The maximum atomic E-state index is 14.4. The SMILES string of the molecule is COc1cc2c(Nc3ccc(C#N)cc3F)ncnc2cc1OCCCC1NCCc2ccccc21. The van der Waals surface area contributed by atoms with E-state index in [1.807, 2.05) is 12.1 Å². The van der Waals surface area contributed by atoms with Gasteiger partial charge in [-0.25, -0.2) is 14.4 Å². The Morgan fingerprint density at radius 2 is 2.03 bits per heavy atom. The van der Waals surface area contributed by atoms with Crippen molar-refractivity contribution >= 4 is 22.4 Å². The molecule has 182 valence electrons. The lowest BCUT2D eigenvalue weighted by Gasteiger charge is -2.27. The Morgan fingerprint density at radius 3 is 2.86 bits per heavy atom. The van der Waals surface area contributed by atoms with Crippen LogP contribution in [0.4, 0.5) is 15.9 Å². The number of rotatable bonds is 8. The number of ether oxygens (including phenoxy) is 2. The van der Waals surface area contributed by atoms with Gasteiger partial charge in [-0.1, -0.05) is 24.3 Å². The van der Waals surface area contributed by atoms with Crippen LogP contribution >= 0.6 is 0 Å². The zero-order valence-electron chi connectivity index (χ0n) is 19.9. The number of nitrogens with zero attached hydrogens (tertiary/aromatic N) is 3. The molecule has 0 bridgehead atoms. The first-order chi connectivity index (χ1) is 17.7. The molecule has 8 heteroatoms. The van der Waals surface area contributed by atoms with Crippen molar-refractivity contribution < 1.29 is 13.9 Å². The normalized spacial score (nSPS) is 14.6. The molecule has 0 fully saturated rings. The molecule has 0 spiro atoms. The fourth-order valence-corrected chi connectivity index (χ4v) is 4.57. The molecule has 0 saturated heterocycles. The lowest BCUT2D eigenvalue weighted by molar-refractivity contribution is 0.278. The molecule has 36 heavy (non-hydrogen) atoms. The number of halogens is 1. The van der Waals surface area contributed by atoms with Gasteiger partial charge < -0.3 is 20.1 Å². The second-order valence-corrected chi connectivity index (χ2v) is 8.62. The molecule has 3 aromatic carbocycles. The van der Waals surface area contributed by atoms with E-state index in [1.54, 1.807) is 19.2 Å². The number of aromatic nitrogens is 2. The average Bonchev–Trinajstić information content (AvgIpc) is 2.92. The van der Waals surface area contributed by atoms with E-state index in [2.05, 4.69) is 44.9 Å². The van der Waals surface area contributed by atoms with Gasteiger partial charge in [-0.05, 0) is 61.2 Å². The minimum Gasteiger partial charge on any atom is -0.493 e. The van der Waals surface area contributed by atoms with Crippen LogP contribution in [0.5, 0.6) is 11.5 Å². The Morgan fingerprint density at radius 1 is 1.14 bits per heavy atom. The summed E-state index contributed by atoms with van der Waals surface area (Å²) in [6, 6.07) is 18.7. The molecule has 4 aromatic rings.